The van der Waals surface area contributed by atoms with Crippen LogP contribution in [-0.4, -0.2) is 11.7 Å². The van der Waals surface area contributed by atoms with E-state index in [1.807, 2.05) is 0 Å². The quantitative estimate of drug-likeness (QED) is 0.678. The van der Waals surface area contributed by atoms with Crippen LogP contribution in [0.25, 0.3) is 0 Å². The van der Waals surface area contributed by atoms with Crippen LogP contribution in [0.1, 0.15) is 48.0 Å². The lowest BCUT2D eigenvalue weighted by molar-refractivity contribution is 0.0722. The van der Waals surface area contributed by atoms with Crippen LogP contribution in [-0.2, 0) is 0 Å². The first-order chi connectivity index (χ1) is 5.19. The van der Waals surface area contributed by atoms with Crippen molar-refractivity contribution in [1.82, 2.24) is 0 Å². The molecule has 0 heterocycles. The predicted molar refractivity (Wildman–Crippen MR) is 54.1 cm³/mol. The number of aliphatic hydroxyl groups is 1. The van der Waals surface area contributed by atoms with Crippen LogP contribution >= 0.6 is 0 Å². The van der Waals surface area contributed by atoms with Gasteiger partial charge in [-0.2, -0.15) is 0 Å². The van der Waals surface area contributed by atoms with Crippen molar-refractivity contribution in [1.29, 1.82) is 0 Å². The molecule has 0 aromatic heterocycles. The lowest BCUT2D eigenvalue weighted by Gasteiger charge is -2.40. The topological polar surface area (TPSA) is 20.2 Å². The minimum Gasteiger partial charge on any atom is -0.396 e. The Morgan fingerprint density at radius 3 is 1.33 bits per heavy atom. The molecule has 12 heavy (non-hydrogen) atoms. The van der Waals surface area contributed by atoms with Gasteiger partial charge in [-0.3, -0.25) is 0 Å². The summed E-state index contributed by atoms with van der Waals surface area (Å²) in [6, 6.07) is 0. The van der Waals surface area contributed by atoms with Crippen LogP contribution in [0.3, 0.4) is 0 Å². The molecule has 1 N–H and O–H groups in total. The molecule has 0 radical (unpaired) electrons. The predicted octanol–water partition coefficient (Wildman–Crippen LogP) is 3.08. The van der Waals surface area contributed by atoms with Gasteiger partial charge in [0.05, 0.1) is 0 Å². The van der Waals surface area contributed by atoms with Crippen LogP contribution in [0.5, 0.6) is 0 Å². The van der Waals surface area contributed by atoms with E-state index < -0.39 is 0 Å². The van der Waals surface area contributed by atoms with Gasteiger partial charge in [-0.15, -0.1) is 0 Å². The first-order valence-electron chi connectivity index (χ1n) is 4.80. The molecule has 0 aromatic carbocycles. The first-order valence-corrected chi connectivity index (χ1v) is 4.80. The summed E-state index contributed by atoms with van der Waals surface area (Å²) in [7, 11) is 0. The van der Waals surface area contributed by atoms with Crippen molar-refractivity contribution in [3.05, 3.63) is 0 Å². The molecule has 74 valence electrons. The van der Waals surface area contributed by atoms with E-state index in [0.717, 1.165) is 6.42 Å². The van der Waals surface area contributed by atoms with Gasteiger partial charge in [0, 0.05) is 6.61 Å². The van der Waals surface area contributed by atoms with Gasteiger partial charge in [-0.25, -0.2) is 0 Å². The summed E-state index contributed by atoms with van der Waals surface area (Å²) in [5, 5.41) is 8.96. The SMILES string of the molecule is CC(C)(C)C(CCO)C(C)(C)C. The van der Waals surface area contributed by atoms with Crippen LogP contribution in [0.4, 0.5) is 0 Å². The Balaban J connectivity index is 4.45. The zero-order valence-electron chi connectivity index (χ0n) is 9.44. The zero-order chi connectivity index (χ0) is 9.99. The fourth-order valence-electron chi connectivity index (χ4n) is 2.29. The number of rotatable bonds is 2. The molecule has 0 rings (SSSR count). The second-order valence-corrected chi connectivity index (χ2v) is 5.80. The number of hydrogen-bond acceptors (Lipinski definition) is 1. The van der Waals surface area contributed by atoms with E-state index in [2.05, 4.69) is 41.5 Å². The Labute approximate surface area is 77.2 Å². The van der Waals surface area contributed by atoms with Gasteiger partial charge >= 0.3 is 0 Å². The second kappa shape index (κ2) is 3.78. The highest BCUT2D eigenvalue weighted by atomic mass is 16.3. The molecule has 0 amide bonds. The van der Waals surface area contributed by atoms with Gasteiger partial charge in [0.15, 0.2) is 0 Å². The van der Waals surface area contributed by atoms with E-state index in [9.17, 15) is 0 Å². The fraction of sp³-hybridized carbons (Fsp3) is 1.00. The molecule has 0 aliphatic carbocycles. The Hall–Kier alpha value is -0.0400. The van der Waals surface area contributed by atoms with Gasteiger partial charge in [-0.05, 0) is 23.2 Å². The van der Waals surface area contributed by atoms with Crippen molar-refractivity contribution in [2.24, 2.45) is 16.7 Å². The summed E-state index contributed by atoms with van der Waals surface area (Å²) in [5.41, 5.74) is 0.585. The molecular formula is C11H24O. The van der Waals surface area contributed by atoms with E-state index >= 15 is 0 Å². The van der Waals surface area contributed by atoms with E-state index in [1.165, 1.54) is 0 Å². The van der Waals surface area contributed by atoms with Crippen LogP contribution in [0, 0.1) is 16.7 Å². The van der Waals surface area contributed by atoms with Crippen molar-refractivity contribution < 1.29 is 5.11 Å². The lowest BCUT2D eigenvalue weighted by atomic mass is 9.65. The average molecular weight is 172 g/mol. The minimum atomic E-state index is 0.293. The summed E-state index contributed by atoms with van der Waals surface area (Å²) in [4.78, 5) is 0. The van der Waals surface area contributed by atoms with Crippen molar-refractivity contribution in [2.45, 2.75) is 48.0 Å². The highest BCUT2D eigenvalue weighted by Gasteiger charge is 2.33. The highest BCUT2D eigenvalue weighted by molar-refractivity contribution is 4.83. The maximum absolute atomic E-state index is 8.96. The molecule has 0 aliphatic heterocycles. The second-order valence-electron chi connectivity index (χ2n) is 5.80. The summed E-state index contributed by atoms with van der Waals surface area (Å²) in [6.07, 6.45) is 0.910. The third-order valence-electron chi connectivity index (χ3n) is 2.51. The minimum absolute atomic E-state index is 0.293. The monoisotopic (exact) mass is 172 g/mol. The summed E-state index contributed by atoms with van der Waals surface area (Å²) < 4.78 is 0. The van der Waals surface area contributed by atoms with Gasteiger partial charge in [0.1, 0.15) is 0 Å². The van der Waals surface area contributed by atoms with Crippen LogP contribution in [0.2, 0.25) is 0 Å². The Morgan fingerprint density at radius 1 is 0.917 bits per heavy atom. The molecule has 0 spiro atoms. The summed E-state index contributed by atoms with van der Waals surface area (Å²) in [6.45, 7) is 13.8. The van der Waals surface area contributed by atoms with E-state index in [4.69, 9.17) is 5.11 Å². The van der Waals surface area contributed by atoms with Crippen molar-refractivity contribution in [3.63, 3.8) is 0 Å². The summed E-state index contributed by atoms with van der Waals surface area (Å²) >= 11 is 0. The van der Waals surface area contributed by atoms with Crippen LogP contribution < -0.4 is 0 Å². The summed E-state index contributed by atoms with van der Waals surface area (Å²) in [5.74, 6) is 0.579. The standard InChI is InChI=1S/C11H24O/c1-10(2,3)9(7-8-12)11(4,5)6/h9,12H,7-8H2,1-6H3. The average Bonchev–Trinajstić information content (AvgIpc) is 1.77. The zero-order valence-corrected chi connectivity index (χ0v) is 9.44. The largest absolute Gasteiger partial charge is 0.396 e. The van der Waals surface area contributed by atoms with Crippen molar-refractivity contribution >= 4 is 0 Å². The van der Waals surface area contributed by atoms with Crippen molar-refractivity contribution in [2.75, 3.05) is 6.61 Å². The number of hydrogen-bond donors (Lipinski definition) is 1. The van der Waals surface area contributed by atoms with E-state index in [1.54, 1.807) is 0 Å². The van der Waals surface area contributed by atoms with Crippen LogP contribution in [0.15, 0.2) is 0 Å². The van der Waals surface area contributed by atoms with Crippen molar-refractivity contribution in [3.8, 4) is 0 Å². The van der Waals surface area contributed by atoms with E-state index in [0.29, 0.717) is 23.4 Å². The lowest BCUT2D eigenvalue weighted by Crippen LogP contribution is -2.33. The normalized spacial score (nSPS) is 14.0. The molecule has 0 fully saturated rings. The molecular weight excluding hydrogens is 148 g/mol. The molecule has 0 saturated carbocycles. The maximum atomic E-state index is 8.96. The Bertz CT molecular complexity index is 111. The molecule has 0 bridgehead atoms. The smallest absolute Gasteiger partial charge is 0.0434 e. The molecule has 1 nitrogen and oxygen atoms in total. The molecule has 1 heteroatoms. The first kappa shape index (κ1) is 12.0. The van der Waals surface area contributed by atoms with Gasteiger partial charge in [-0.1, -0.05) is 41.5 Å². The maximum Gasteiger partial charge on any atom is 0.0434 e. The van der Waals surface area contributed by atoms with Gasteiger partial charge < -0.3 is 5.11 Å². The Kier molecular flexibility index (Phi) is 3.77. The Morgan fingerprint density at radius 2 is 1.25 bits per heavy atom. The van der Waals surface area contributed by atoms with Gasteiger partial charge in [0.2, 0.25) is 0 Å². The third-order valence-corrected chi connectivity index (χ3v) is 2.51. The number of aliphatic hydroxyl groups excluding tert-OH is 1. The molecule has 0 aromatic rings. The third kappa shape index (κ3) is 3.57. The molecule has 0 saturated heterocycles. The molecule has 0 aliphatic rings. The molecule has 0 unspecified atom stereocenters. The van der Waals surface area contributed by atoms with Gasteiger partial charge in [0.25, 0.3) is 0 Å². The highest BCUT2D eigenvalue weighted by Crippen LogP contribution is 2.41. The fourth-order valence-corrected chi connectivity index (χ4v) is 2.29. The molecule has 0 atom stereocenters. The van der Waals surface area contributed by atoms with E-state index in [-0.39, 0.29) is 0 Å².